The Morgan fingerprint density at radius 1 is 0.507 bits per heavy atom. The topological polar surface area (TPSA) is 111 Å². The van der Waals surface area contributed by atoms with E-state index in [1.54, 1.807) is 0 Å². The molecule has 0 bridgehead atoms. The molecule has 3 atom stereocenters. The van der Waals surface area contributed by atoms with Crippen molar-refractivity contribution in [1.82, 2.24) is 5.32 Å². The van der Waals surface area contributed by atoms with Crippen molar-refractivity contribution in [2.45, 2.75) is 277 Å². The third-order valence-corrected chi connectivity index (χ3v) is 13.9. The van der Waals surface area contributed by atoms with Gasteiger partial charge < -0.3 is 19.4 Å². The highest BCUT2D eigenvalue weighted by Gasteiger charge is 2.30. The van der Waals surface area contributed by atoms with Gasteiger partial charge in [-0.2, -0.15) is 0 Å². The molecule has 0 radical (unpaired) electrons. The van der Waals surface area contributed by atoms with Crippen LogP contribution in [0.25, 0.3) is 0 Å². The first-order valence-corrected chi connectivity index (χ1v) is 31.1. The van der Waals surface area contributed by atoms with Crippen molar-refractivity contribution in [3.63, 3.8) is 0 Å². The first-order chi connectivity index (χ1) is 34.4. The van der Waals surface area contributed by atoms with Crippen molar-refractivity contribution in [2.75, 3.05) is 40.9 Å². The summed E-state index contributed by atoms with van der Waals surface area (Å²) < 4.78 is 30.6. The summed E-state index contributed by atoms with van der Waals surface area (Å²) in [6.45, 7) is 6.95. The fourth-order valence-electron chi connectivity index (χ4n) is 8.31. The van der Waals surface area contributed by atoms with E-state index in [-0.39, 0.29) is 31.5 Å². The van der Waals surface area contributed by atoms with Crippen molar-refractivity contribution in [1.29, 1.82) is 0 Å². The molecule has 0 fully saturated rings. The molecule has 0 rings (SSSR count). The van der Waals surface area contributed by atoms with Gasteiger partial charge in [-0.05, 0) is 89.5 Å². The van der Waals surface area contributed by atoms with Crippen LogP contribution in [-0.4, -0.2) is 74.3 Å². The van der Waals surface area contributed by atoms with Gasteiger partial charge in [-0.25, -0.2) is 4.57 Å². The smallest absolute Gasteiger partial charge is 0.456 e. The van der Waals surface area contributed by atoms with Crippen molar-refractivity contribution >= 4 is 19.7 Å². The number of phosphoric acid groups is 1. The van der Waals surface area contributed by atoms with Gasteiger partial charge in [-0.15, -0.1) is 0 Å². The monoisotopic (exact) mass is 1020 g/mol. The molecule has 10 heteroatoms. The second-order valence-corrected chi connectivity index (χ2v) is 22.6. The molecular formula is C61H114N2O7P+. The van der Waals surface area contributed by atoms with Crippen molar-refractivity contribution in [3.05, 3.63) is 60.8 Å². The number of quaternary nitrogens is 1. The van der Waals surface area contributed by atoms with E-state index in [1.807, 2.05) is 33.3 Å². The van der Waals surface area contributed by atoms with Crippen molar-refractivity contribution in [3.8, 4) is 0 Å². The van der Waals surface area contributed by atoms with E-state index in [0.717, 1.165) is 96.3 Å². The number of ether oxygens (including phenoxy) is 1. The molecule has 0 aliphatic carbocycles. The molecular weight excluding hydrogens is 904 g/mol. The average molecular weight is 1020 g/mol. The Balaban J connectivity index is 5.38. The molecule has 0 aliphatic rings. The molecule has 2 N–H and O–H groups in total. The molecule has 414 valence electrons. The maximum Gasteiger partial charge on any atom is 0.472 e. The number of nitrogens with zero attached hydrogens (tertiary/aromatic N) is 1. The number of likely N-dealkylation sites (N-methyl/N-ethyl adjacent to an activating group) is 1. The number of amides is 1. The summed E-state index contributed by atoms with van der Waals surface area (Å²) in [5.74, 6) is -0.525. The van der Waals surface area contributed by atoms with Crippen LogP contribution >= 0.6 is 7.82 Å². The lowest BCUT2D eigenvalue weighted by Crippen LogP contribution is -2.47. The highest BCUT2D eigenvalue weighted by molar-refractivity contribution is 7.47. The number of phosphoric ester groups is 1. The van der Waals surface area contributed by atoms with Gasteiger partial charge in [0.2, 0.25) is 5.91 Å². The Morgan fingerprint density at radius 2 is 0.901 bits per heavy atom. The number of hydrogen-bond acceptors (Lipinski definition) is 6. The lowest BCUT2D eigenvalue weighted by molar-refractivity contribution is -0.870. The summed E-state index contributed by atoms with van der Waals surface area (Å²) >= 11 is 0. The molecule has 9 nitrogen and oxygen atoms in total. The SMILES string of the molecule is CCCCC/C=C\C/C=C\CCCCCCCCCC(=O)NC(COP(=O)(O)OCC[N+](C)(C)C)C(/C=C/CCCCCCCCCCCCC)OC(=O)CCCCCCCC/C=C/C=C/CCCCC. The normalized spacial score (nSPS) is 14.2. The van der Waals surface area contributed by atoms with E-state index in [1.165, 1.54) is 135 Å². The second-order valence-electron chi connectivity index (χ2n) is 21.2. The highest BCUT2D eigenvalue weighted by atomic mass is 31.2. The Labute approximate surface area is 439 Å². The number of esters is 1. The van der Waals surface area contributed by atoms with Gasteiger partial charge in [-0.3, -0.25) is 18.6 Å². The van der Waals surface area contributed by atoms with Crippen LogP contribution < -0.4 is 5.32 Å². The van der Waals surface area contributed by atoms with Gasteiger partial charge in [0, 0.05) is 12.8 Å². The van der Waals surface area contributed by atoms with Crippen LogP contribution in [0, 0.1) is 0 Å². The summed E-state index contributed by atoms with van der Waals surface area (Å²) in [6.07, 6.45) is 63.4. The largest absolute Gasteiger partial charge is 0.472 e. The quantitative estimate of drug-likeness (QED) is 0.0156. The Kier molecular flexibility index (Phi) is 49.6. The average Bonchev–Trinajstić information content (AvgIpc) is 3.33. The van der Waals surface area contributed by atoms with Crippen LogP contribution in [0.5, 0.6) is 0 Å². The number of carbonyl (C=O) groups excluding carboxylic acids is 2. The maximum atomic E-state index is 13.5. The van der Waals surface area contributed by atoms with Crippen LogP contribution in [-0.2, 0) is 27.9 Å². The first-order valence-electron chi connectivity index (χ1n) is 29.6. The van der Waals surface area contributed by atoms with Gasteiger partial charge in [0.1, 0.15) is 19.3 Å². The van der Waals surface area contributed by atoms with E-state index in [9.17, 15) is 19.0 Å². The third kappa shape index (κ3) is 52.4. The molecule has 71 heavy (non-hydrogen) atoms. The lowest BCUT2D eigenvalue weighted by Gasteiger charge is -2.27. The van der Waals surface area contributed by atoms with Gasteiger partial charge in [-0.1, -0.05) is 223 Å². The zero-order valence-electron chi connectivity index (χ0n) is 47.2. The number of carbonyl (C=O) groups is 2. The number of nitrogens with one attached hydrogen (secondary N) is 1. The molecule has 0 saturated heterocycles. The maximum absolute atomic E-state index is 13.5. The molecule has 0 saturated carbocycles. The number of unbranched alkanes of at least 4 members (excludes halogenated alkanes) is 30. The zero-order chi connectivity index (χ0) is 52.2. The third-order valence-electron chi connectivity index (χ3n) is 13.0. The van der Waals surface area contributed by atoms with Crippen LogP contribution in [0.4, 0.5) is 0 Å². The number of rotatable bonds is 53. The van der Waals surface area contributed by atoms with Gasteiger partial charge in [0.15, 0.2) is 0 Å². The molecule has 1 amide bonds. The second kappa shape index (κ2) is 51.2. The minimum absolute atomic E-state index is 0.0354. The zero-order valence-corrected chi connectivity index (χ0v) is 48.1. The van der Waals surface area contributed by atoms with Crippen LogP contribution in [0.15, 0.2) is 60.8 Å². The predicted octanol–water partition coefficient (Wildman–Crippen LogP) is 17.9. The molecule has 0 aromatic heterocycles. The first kappa shape index (κ1) is 68.7. The van der Waals surface area contributed by atoms with E-state index in [2.05, 4.69) is 74.7 Å². The molecule has 0 aliphatic heterocycles. The van der Waals surface area contributed by atoms with E-state index in [0.29, 0.717) is 17.4 Å². The molecule has 3 unspecified atom stereocenters. The summed E-state index contributed by atoms with van der Waals surface area (Å²) in [5, 5.41) is 3.05. The number of hydrogen-bond donors (Lipinski definition) is 2. The van der Waals surface area contributed by atoms with E-state index >= 15 is 0 Å². The van der Waals surface area contributed by atoms with Gasteiger partial charge in [0.05, 0.1) is 33.8 Å². The predicted molar refractivity (Wildman–Crippen MR) is 305 cm³/mol. The molecule has 0 spiro atoms. The Morgan fingerprint density at radius 3 is 1.38 bits per heavy atom. The van der Waals surface area contributed by atoms with E-state index < -0.39 is 20.0 Å². The summed E-state index contributed by atoms with van der Waals surface area (Å²) in [5.41, 5.74) is 0. The number of allylic oxidation sites excluding steroid dienone is 9. The van der Waals surface area contributed by atoms with Gasteiger partial charge in [0.25, 0.3) is 0 Å². The van der Waals surface area contributed by atoms with E-state index in [4.69, 9.17) is 13.8 Å². The standard InChI is InChI=1S/C61H113N2O7P/c1-7-10-13-16-19-22-25-28-30-31-33-35-38-41-44-47-50-53-60(64)62-58(57-69-71(66,67)68-56-55-63(4,5)6)59(52-49-46-43-40-37-34-27-24-21-18-15-12-9-3)70-61(65)54-51-48-45-42-39-36-32-29-26-23-20-17-14-11-8-2/h19-20,22-23,26,28-30,49,52,58-59H,7-18,21,24-25,27,31-48,50-51,53-57H2,1-6H3,(H-,62,64,66,67)/p+1/b22-19-,23-20+,29-26+,30-28-,52-49+. The fraction of sp³-hybridized carbons (Fsp3) is 0.803. The summed E-state index contributed by atoms with van der Waals surface area (Å²) in [7, 11) is 1.48. The Hall–Kier alpha value is -2.29. The van der Waals surface area contributed by atoms with Gasteiger partial charge >= 0.3 is 13.8 Å². The van der Waals surface area contributed by atoms with Crippen molar-refractivity contribution in [2.24, 2.45) is 0 Å². The molecule has 0 heterocycles. The fourth-order valence-corrected chi connectivity index (χ4v) is 9.05. The van der Waals surface area contributed by atoms with Crippen molar-refractivity contribution < 1.29 is 37.3 Å². The van der Waals surface area contributed by atoms with Crippen LogP contribution in [0.3, 0.4) is 0 Å². The molecule has 0 aromatic rings. The summed E-state index contributed by atoms with van der Waals surface area (Å²) in [6, 6.07) is -0.857. The minimum Gasteiger partial charge on any atom is -0.456 e. The minimum atomic E-state index is -4.45. The highest BCUT2D eigenvalue weighted by Crippen LogP contribution is 2.43. The summed E-state index contributed by atoms with van der Waals surface area (Å²) in [4.78, 5) is 37.6. The van der Waals surface area contributed by atoms with Crippen LogP contribution in [0.1, 0.15) is 265 Å². The lowest BCUT2D eigenvalue weighted by atomic mass is 10.0. The Bertz CT molecular complexity index is 1400. The molecule has 0 aromatic carbocycles. The van der Waals surface area contributed by atoms with Crippen LogP contribution in [0.2, 0.25) is 0 Å².